The van der Waals surface area contributed by atoms with Gasteiger partial charge in [0.2, 0.25) is 11.8 Å². The zero-order valence-electron chi connectivity index (χ0n) is 15.6. The molecular weight excluding hydrogens is 328 g/mol. The van der Waals surface area contributed by atoms with Crippen molar-refractivity contribution in [1.82, 2.24) is 10.2 Å². The molecule has 138 valence electrons. The highest BCUT2D eigenvalue weighted by molar-refractivity contribution is 5.78. The van der Waals surface area contributed by atoms with Crippen molar-refractivity contribution < 1.29 is 14.3 Å². The van der Waals surface area contributed by atoms with Crippen LogP contribution >= 0.6 is 0 Å². The molecule has 0 spiro atoms. The molecule has 0 heterocycles. The number of carbonyl (C=O) groups excluding carboxylic acids is 2. The topological polar surface area (TPSA) is 58.6 Å². The normalized spacial score (nSPS) is 11.5. The van der Waals surface area contributed by atoms with Crippen LogP contribution in [0.5, 0.6) is 5.75 Å². The molecule has 0 bridgehead atoms. The minimum Gasteiger partial charge on any atom is -0.497 e. The second-order valence-electron chi connectivity index (χ2n) is 6.17. The van der Waals surface area contributed by atoms with E-state index in [9.17, 15) is 9.59 Å². The first kappa shape index (κ1) is 19.5. The monoisotopic (exact) mass is 354 g/mol. The van der Waals surface area contributed by atoms with Crippen LogP contribution in [0.15, 0.2) is 54.6 Å². The summed E-state index contributed by atoms with van der Waals surface area (Å²) in [6.45, 7) is 4.36. The number of amides is 2. The summed E-state index contributed by atoms with van der Waals surface area (Å²) in [4.78, 5) is 25.9. The molecule has 0 radical (unpaired) electrons. The summed E-state index contributed by atoms with van der Waals surface area (Å²) in [6, 6.07) is 17.3. The van der Waals surface area contributed by atoms with Gasteiger partial charge in [-0.2, -0.15) is 0 Å². The van der Waals surface area contributed by atoms with E-state index in [-0.39, 0.29) is 24.3 Å². The fourth-order valence-electron chi connectivity index (χ4n) is 2.79. The van der Waals surface area contributed by atoms with Crippen molar-refractivity contribution in [3.8, 4) is 5.75 Å². The van der Waals surface area contributed by atoms with E-state index in [1.807, 2.05) is 61.5 Å². The number of benzene rings is 2. The lowest BCUT2D eigenvalue weighted by atomic mass is 10.1. The van der Waals surface area contributed by atoms with Crippen molar-refractivity contribution in [2.24, 2.45) is 0 Å². The maximum Gasteiger partial charge on any atom is 0.222 e. The molecular formula is C21H26N2O3. The van der Waals surface area contributed by atoms with Gasteiger partial charge in [-0.25, -0.2) is 0 Å². The van der Waals surface area contributed by atoms with Gasteiger partial charge in [0.15, 0.2) is 0 Å². The van der Waals surface area contributed by atoms with Crippen LogP contribution in [0, 0.1) is 0 Å². The maximum atomic E-state index is 12.2. The Balaban J connectivity index is 1.85. The lowest BCUT2D eigenvalue weighted by Gasteiger charge is -2.28. The number of rotatable bonds is 8. The van der Waals surface area contributed by atoms with Gasteiger partial charge < -0.3 is 15.0 Å². The minimum absolute atomic E-state index is 0.0377. The molecule has 2 aromatic carbocycles. The van der Waals surface area contributed by atoms with Crippen molar-refractivity contribution in [3.63, 3.8) is 0 Å². The van der Waals surface area contributed by atoms with Crippen LogP contribution in [-0.2, 0) is 16.1 Å². The predicted molar refractivity (Wildman–Crippen MR) is 102 cm³/mol. The van der Waals surface area contributed by atoms with Crippen molar-refractivity contribution in [3.05, 3.63) is 65.7 Å². The summed E-state index contributed by atoms with van der Waals surface area (Å²) >= 11 is 0. The van der Waals surface area contributed by atoms with E-state index in [4.69, 9.17) is 4.74 Å². The number of nitrogens with one attached hydrogen (secondary N) is 1. The molecule has 0 aliphatic heterocycles. The van der Waals surface area contributed by atoms with Crippen LogP contribution in [-0.4, -0.2) is 30.4 Å². The summed E-state index contributed by atoms with van der Waals surface area (Å²) < 4.78 is 5.12. The van der Waals surface area contributed by atoms with E-state index in [2.05, 4.69) is 5.32 Å². The van der Waals surface area contributed by atoms with Gasteiger partial charge in [0.25, 0.3) is 0 Å². The van der Waals surface area contributed by atoms with Gasteiger partial charge >= 0.3 is 0 Å². The zero-order valence-corrected chi connectivity index (χ0v) is 15.6. The van der Waals surface area contributed by atoms with E-state index in [0.717, 1.165) is 16.9 Å². The summed E-state index contributed by atoms with van der Waals surface area (Å²) in [5.74, 6) is 0.670. The van der Waals surface area contributed by atoms with Crippen LogP contribution < -0.4 is 10.1 Å². The largest absolute Gasteiger partial charge is 0.497 e. The van der Waals surface area contributed by atoms with Crippen molar-refractivity contribution in [2.45, 2.75) is 32.9 Å². The lowest BCUT2D eigenvalue weighted by molar-refractivity contribution is -0.131. The van der Waals surface area contributed by atoms with Crippen LogP contribution in [0.3, 0.4) is 0 Å². The molecule has 1 atom stereocenters. The molecule has 0 saturated heterocycles. The molecule has 5 heteroatoms. The summed E-state index contributed by atoms with van der Waals surface area (Å²) in [5.41, 5.74) is 2.06. The Hall–Kier alpha value is -2.82. The molecule has 0 saturated carbocycles. The molecule has 0 aliphatic rings. The van der Waals surface area contributed by atoms with Gasteiger partial charge in [-0.05, 0) is 30.2 Å². The van der Waals surface area contributed by atoms with Crippen LogP contribution in [0.4, 0.5) is 0 Å². The number of methoxy groups -OCH3 is 1. The number of hydrogen-bond donors (Lipinski definition) is 1. The predicted octanol–water partition coefficient (Wildman–Crippen LogP) is 3.31. The average molecular weight is 354 g/mol. The Labute approximate surface area is 155 Å². The zero-order chi connectivity index (χ0) is 18.9. The van der Waals surface area contributed by atoms with Gasteiger partial charge in [-0.3, -0.25) is 9.59 Å². The van der Waals surface area contributed by atoms with Crippen LogP contribution in [0.1, 0.15) is 37.4 Å². The van der Waals surface area contributed by atoms with Crippen molar-refractivity contribution in [2.75, 3.05) is 13.7 Å². The smallest absolute Gasteiger partial charge is 0.222 e. The van der Waals surface area contributed by atoms with E-state index in [0.29, 0.717) is 13.1 Å². The van der Waals surface area contributed by atoms with Gasteiger partial charge in [-0.15, -0.1) is 0 Å². The summed E-state index contributed by atoms with van der Waals surface area (Å²) in [7, 11) is 1.62. The molecule has 2 amide bonds. The van der Waals surface area contributed by atoms with Crippen molar-refractivity contribution in [1.29, 1.82) is 0 Å². The van der Waals surface area contributed by atoms with Gasteiger partial charge in [0, 0.05) is 26.4 Å². The quantitative estimate of drug-likeness (QED) is 0.791. The second kappa shape index (κ2) is 9.61. The Kier molecular flexibility index (Phi) is 7.21. The van der Waals surface area contributed by atoms with E-state index < -0.39 is 0 Å². The van der Waals surface area contributed by atoms with Crippen LogP contribution in [0.2, 0.25) is 0 Å². The summed E-state index contributed by atoms with van der Waals surface area (Å²) in [5, 5.41) is 2.89. The first-order chi connectivity index (χ1) is 12.5. The van der Waals surface area contributed by atoms with Gasteiger partial charge in [0.1, 0.15) is 5.75 Å². The van der Waals surface area contributed by atoms with Crippen LogP contribution in [0.25, 0.3) is 0 Å². The average Bonchev–Trinajstić information content (AvgIpc) is 2.67. The number of ether oxygens (including phenoxy) is 1. The fraction of sp³-hybridized carbons (Fsp3) is 0.333. The van der Waals surface area contributed by atoms with E-state index in [1.165, 1.54) is 6.92 Å². The highest BCUT2D eigenvalue weighted by atomic mass is 16.5. The third-order valence-electron chi connectivity index (χ3n) is 4.38. The molecule has 5 nitrogen and oxygen atoms in total. The Morgan fingerprint density at radius 2 is 1.73 bits per heavy atom. The molecule has 0 aromatic heterocycles. The summed E-state index contributed by atoms with van der Waals surface area (Å²) in [6.07, 6.45) is 0.271. The molecule has 0 fully saturated rings. The van der Waals surface area contributed by atoms with E-state index in [1.54, 1.807) is 12.0 Å². The Morgan fingerprint density at radius 1 is 1.08 bits per heavy atom. The van der Waals surface area contributed by atoms with Gasteiger partial charge in [0.05, 0.1) is 13.2 Å². The standard InChI is InChI=1S/C21H26N2O3/c1-16(19-7-5-4-6-8-19)23(17(2)24)14-13-21(25)22-15-18-9-11-20(26-3)12-10-18/h4-12,16H,13-15H2,1-3H3,(H,22,25). The SMILES string of the molecule is COc1ccc(CNC(=O)CCN(C(C)=O)C(C)c2ccccc2)cc1. The highest BCUT2D eigenvalue weighted by Gasteiger charge is 2.19. The third-order valence-corrected chi connectivity index (χ3v) is 4.38. The fourth-order valence-corrected chi connectivity index (χ4v) is 2.79. The second-order valence-corrected chi connectivity index (χ2v) is 6.17. The molecule has 1 unspecified atom stereocenters. The first-order valence-electron chi connectivity index (χ1n) is 8.73. The molecule has 0 aliphatic carbocycles. The highest BCUT2D eigenvalue weighted by Crippen LogP contribution is 2.20. The molecule has 1 N–H and O–H groups in total. The third kappa shape index (κ3) is 5.62. The van der Waals surface area contributed by atoms with Gasteiger partial charge in [-0.1, -0.05) is 42.5 Å². The Morgan fingerprint density at radius 3 is 2.31 bits per heavy atom. The minimum atomic E-state index is -0.0765. The lowest BCUT2D eigenvalue weighted by Crippen LogP contribution is -2.35. The molecule has 26 heavy (non-hydrogen) atoms. The number of nitrogens with zero attached hydrogens (tertiary/aromatic N) is 1. The maximum absolute atomic E-state index is 12.2. The molecule has 2 aromatic rings. The Bertz CT molecular complexity index is 714. The first-order valence-corrected chi connectivity index (χ1v) is 8.73. The number of carbonyl (C=O) groups is 2. The number of hydrogen-bond acceptors (Lipinski definition) is 3. The van der Waals surface area contributed by atoms with Crippen molar-refractivity contribution >= 4 is 11.8 Å². The van der Waals surface area contributed by atoms with E-state index >= 15 is 0 Å². The molecule has 2 rings (SSSR count).